The first-order valence-corrected chi connectivity index (χ1v) is 10.7. The minimum absolute atomic E-state index is 0.0582. The van der Waals surface area contributed by atoms with Crippen LogP contribution >= 0.6 is 0 Å². The molecule has 1 aliphatic heterocycles. The molecule has 1 aromatic heterocycles. The van der Waals surface area contributed by atoms with Gasteiger partial charge in [0, 0.05) is 11.8 Å². The van der Waals surface area contributed by atoms with E-state index in [1.807, 2.05) is 0 Å². The lowest BCUT2D eigenvalue weighted by atomic mass is 10.1. The Morgan fingerprint density at radius 1 is 0.939 bits per heavy atom. The molecule has 3 aromatic rings. The second-order valence-electron chi connectivity index (χ2n) is 6.90. The van der Waals surface area contributed by atoms with Gasteiger partial charge in [-0.3, -0.25) is 4.31 Å². The molecule has 0 saturated carbocycles. The molecule has 0 saturated heterocycles. The summed E-state index contributed by atoms with van der Waals surface area (Å²) in [7, 11) is -4.46. The van der Waals surface area contributed by atoms with Crippen molar-refractivity contribution < 1.29 is 39.5 Å². The lowest BCUT2D eigenvalue weighted by molar-refractivity contribution is -0.141. The molecule has 0 spiro atoms. The third-order valence-electron chi connectivity index (χ3n) is 4.73. The maximum Gasteiger partial charge on any atom is 0.433 e. The Bertz CT molecular complexity index is 1310. The van der Waals surface area contributed by atoms with Crippen LogP contribution in [0.3, 0.4) is 0 Å². The molecule has 174 valence electrons. The first kappa shape index (κ1) is 22.8. The van der Waals surface area contributed by atoms with Crippen LogP contribution in [0.2, 0.25) is 0 Å². The number of nitrogens with zero attached hydrogens (tertiary/aromatic N) is 3. The Morgan fingerprint density at radius 3 is 2.39 bits per heavy atom. The lowest BCUT2D eigenvalue weighted by Crippen LogP contribution is -2.38. The van der Waals surface area contributed by atoms with Crippen molar-refractivity contribution in [1.29, 1.82) is 0 Å². The van der Waals surface area contributed by atoms with E-state index >= 15 is 0 Å². The lowest BCUT2D eigenvalue weighted by Gasteiger charge is -2.31. The van der Waals surface area contributed by atoms with Gasteiger partial charge < -0.3 is 4.74 Å². The van der Waals surface area contributed by atoms with Crippen molar-refractivity contribution >= 4 is 15.7 Å². The van der Waals surface area contributed by atoms with E-state index in [0.29, 0.717) is 12.1 Å². The van der Waals surface area contributed by atoms with Crippen LogP contribution in [0.15, 0.2) is 59.6 Å². The van der Waals surface area contributed by atoms with E-state index in [-0.39, 0.29) is 36.0 Å². The molecule has 0 unspecified atom stereocenters. The van der Waals surface area contributed by atoms with Crippen LogP contribution in [0.25, 0.3) is 11.4 Å². The molecule has 4 rings (SSSR count). The molecule has 2 heterocycles. The van der Waals surface area contributed by atoms with E-state index in [1.54, 1.807) is 0 Å². The number of aromatic nitrogens is 2. The van der Waals surface area contributed by atoms with Crippen molar-refractivity contribution in [3.05, 3.63) is 66.0 Å². The SMILES string of the molecule is O=S(=O)(c1cccc(C(F)(F)F)c1)N1CCOc2ccc(-c3nccc(C(F)(F)F)n3)cc21. The van der Waals surface area contributed by atoms with Gasteiger partial charge in [0.1, 0.15) is 18.1 Å². The smallest absolute Gasteiger partial charge is 0.433 e. The van der Waals surface area contributed by atoms with Crippen LogP contribution in [0.1, 0.15) is 11.3 Å². The molecule has 0 fully saturated rings. The van der Waals surface area contributed by atoms with E-state index in [0.717, 1.165) is 28.7 Å². The standard InChI is InChI=1S/C20H13F6N3O3S/c21-19(22,23)13-2-1-3-14(11-13)33(30,31)29-8-9-32-16-5-4-12(10-15(16)29)18-27-7-6-17(28-18)20(24,25)26/h1-7,10-11H,8-9H2. The number of anilines is 1. The van der Waals surface area contributed by atoms with Gasteiger partial charge in [-0.05, 0) is 42.5 Å². The fourth-order valence-electron chi connectivity index (χ4n) is 3.20. The van der Waals surface area contributed by atoms with Gasteiger partial charge in [-0.15, -0.1) is 0 Å². The molecule has 2 aromatic carbocycles. The van der Waals surface area contributed by atoms with Crippen molar-refractivity contribution in [2.45, 2.75) is 17.2 Å². The van der Waals surface area contributed by atoms with Gasteiger partial charge >= 0.3 is 12.4 Å². The molecular formula is C20H13F6N3O3S. The van der Waals surface area contributed by atoms with Crippen molar-refractivity contribution in [3.63, 3.8) is 0 Å². The summed E-state index contributed by atoms with van der Waals surface area (Å²) in [6, 6.07) is 7.87. The highest BCUT2D eigenvalue weighted by Gasteiger charge is 2.35. The molecule has 0 radical (unpaired) electrons. The van der Waals surface area contributed by atoms with E-state index < -0.39 is 38.5 Å². The van der Waals surface area contributed by atoms with Crippen molar-refractivity contribution in [1.82, 2.24) is 9.97 Å². The van der Waals surface area contributed by atoms with Crippen LogP contribution in [0, 0.1) is 0 Å². The maximum absolute atomic E-state index is 13.2. The fraction of sp³-hybridized carbons (Fsp3) is 0.200. The van der Waals surface area contributed by atoms with Crippen LogP contribution in [-0.2, 0) is 22.4 Å². The van der Waals surface area contributed by atoms with Crippen LogP contribution < -0.4 is 9.04 Å². The Morgan fingerprint density at radius 2 is 1.70 bits per heavy atom. The van der Waals surface area contributed by atoms with E-state index in [1.165, 1.54) is 18.2 Å². The van der Waals surface area contributed by atoms with Crippen molar-refractivity contribution in [3.8, 4) is 17.1 Å². The first-order valence-electron chi connectivity index (χ1n) is 9.25. The molecule has 1 aliphatic rings. The summed E-state index contributed by atoms with van der Waals surface area (Å²) in [5.74, 6) is -0.220. The summed E-state index contributed by atoms with van der Waals surface area (Å²) in [6.45, 7) is -0.303. The van der Waals surface area contributed by atoms with E-state index in [4.69, 9.17) is 4.74 Å². The molecule has 6 nitrogen and oxygen atoms in total. The highest BCUT2D eigenvalue weighted by Crippen LogP contribution is 2.39. The van der Waals surface area contributed by atoms with Crippen LogP contribution in [-0.4, -0.2) is 31.5 Å². The molecule has 0 bridgehead atoms. The monoisotopic (exact) mass is 489 g/mol. The van der Waals surface area contributed by atoms with E-state index in [9.17, 15) is 34.8 Å². The molecule has 33 heavy (non-hydrogen) atoms. The summed E-state index contributed by atoms with van der Waals surface area (Å²) in [4.78, 5) is 6.70. The number of hydrogen-bond donors (Lipinski definition) is 0. The van der Waals surface area contributed by atoms with Gasteiger partial charge in [-0.1, -0.05) is 6.07 Å². The largest absolute Gasteiger partial charge is 0.489 e. The normalized spacial score (nSPS) is 14.5. The number of hydrogen-bond acceptors (Lipinski definition) is 5. The average molecular weight is 489 g/mol. The first-order chi connectivity index (χ1) is 15.4. The van der Waals surface area contributed by atoms with Gasteiger partial charge in [0.2, 0.25) is 0 Å². The Hall–Kier alpha value is -3.35. The summed E-state index contributed by atoms with van der Waals surface area (Å²) < 4.78 is 111. The third-order valence-corrected chi connectivity index (χ3v) is 6.54. The summed E-state index contributed by atoms with van der Waals surface area (Å²) in [5, 5.41) is 0. The number of halogens is 6. The van der Waals surface area contributed by atoms with Gasteiger partial charge in [-0.25, -0.2) is 18.4 Å². The minimum Gasteiger partial charge on any atom is -0.489 e. The maximum atomic E-state index is 13.2. The van der Waals surface area contributed by atoms with Crippen molar-refractivity contribution in [2.75, 3.05) is 17.5 Å². The number of sulfonamides is 1. The van der Waals surface area contributed by atoms with Crippen LogP contribution in [0.5, 0.6) is 5.75 Å². The third kappa shape index (κ3) is 4.45. The summed E-state index contributed by atoms with van der Waals surface area (Å²) in [5.41, 5.74) is -2.31. The number of alkyl halides is 6. The molecule has 13 heteroatoms. The topological polar surface area (TPSA) is 72.4 Å². The van der Waals surface area contributed by atoms with E-state index in [2.05, 4.69) is 9.97 Å². The minimum atomic E-state index is -4.75. The second-order valence-corrected chi connectivity index (χ2v) is 8.76. The zero-order chi connectivity index (χ0) is 24.0. The quantitative estimate of drug-likeness (QED) is 0.496. The van der Waals surface area contributed by atoms with Gasteiger partial charge in [-0.2, -0.15) is 26.3 Å². The Balaban J connectivity index is 1.78. The fourth-order valence-corrected chi connectivity index (χ4v) is 4.70. The predicted octanol–water partition coefficient (Wildman–Crippen LogP) is 4.77. The second kappa shape index (κ2) is 7.90. The molecule has 0 atom stereocenters. The average Bonchev–Trinajstić information content (AvgIpc) is 2.77. The number of rotatable bonds is 3. The summed E-state index contributed by atoms with van der Waals surface area (Å²) in [6.07, 6.45) is -8.55. The van der Waals surface area contributed by atoms with Gasteiger partial charge in [0.25, 0.3) is 10.0 Å². The predicted molar refractivity (Wildman–Crippen MR) is 104 cm³/mol. The zero-order valence-corrected chi connectivity index (χ0v) is 17.2. The highest BCUT2D eigenvalue weighted by atomic mass is 32.2. The molecule has 0 amide bonds. The summed E-state index contributed by atoms with van der Waals surface area (Å²) >= 11 is 0. The zero-order valence-electron chi connectivity index (χ0n) is 16.4. The molecular weight excluding hydrogens is 476 g/mol. The van der Waals surface area contributed by atoms with Gasteiger partial charge in [0.05, 0.1) is 22.7 Å². The molecule has 0 N–H and O–H groups in total. The van der Waals surface area contributed by atoms with Crippen molar-refractivity contribution in [2.24, 2.45) is 0 Å². The van der Waals surface area contributed by atoms with Crippen LogP contribution in [0.4, 0.5) is 32.0 Å². The van der Waals surface area contributed by atoms with Gasteiger partial charge in [0.15, 0.2) is 5.82 Å². The highest BCUT2D eigenvalue weighted by molar-refractivity contribution is 7.92. The number of ether oxygens (including phenoxy) is 1. The Kier molecular flexibility index (Phi) is 5.47. The number of benzene rings is 2. The molecule has 0 aliphatic carbocycles. The number of fused-ring (bicyclic) bond motifs is 1. The Labute approximate surface area is 183 Å².